The molecule has 0 saturated carbocycles. The van der Waals surface area contributed by atoms with Gasteiger partial charge in [-0.3, -0.25) is 4.79 Å². The van der Waals surface area contributed by atoms with Crippen molar-refractivity contribution in [2.24, 2.45) is 0 Å². The molecule has 0 saturated heterocycles. The maximum Gasteiger partial charge on any atom is 0.251 e. The number of unbranched alkanes of at least 4 members (excludes halogenated alkanes) is 2. The second-order valence-corrected chi connectivity index (χ2v) is 5.81. The number of carbonyl (C=O) groups is 1. The van der Waals surface area contributed by atoms with Gasteiger partial charge in [0, 0.05) is 12.1 Å². The molecule has 0 heterocycles. The van der Waals surface area contributed by atoms with Crippen molar-refractivity contribution < 1.29 is 4.79 Å². The van der Waals surface area contributed by atoms with Gasteiger partial charge < -0.3 is 10.6 Å². The van der Waals surface area contributed by atoms with Crippen LogP contribution in [0.2, 0.25) is 0 Å². The highest BCUT2D eigenvalue weighted by molar-refractivity contribution is 7.98. The van der Waals surface area contributed by atoms with E-state index in [-0.39, 0.29) is 5.91 Å². The van der Waals surface area contributed by atoms with E-state index < -0.39 is 0 Å². The van der Waals surface area contributed by atoms with E-state index in [0.717, 1.165) is 37.1 Å². The van der Waals surface area contributed by atoms with Crippen LogP contribution >= 0.6 is 11.8 Å². The van der Waals surface area contributed by atoms with Gasteiger partial charge in [0.15, 0.2) is 0 Å². The first-order chi connectivity index (χ1) is 9.79. The molecule has 1 aromatic carbocycles. The molecule has 0 fully saturated rings. The van der Waals surface area contributed by atoms with Crippen LogP contribution in [-0.4, -0.2) is 38.1 Å². The number of thioether (sulfide) groups is 1. The Bertz CT molecular complexity index is 396. The first-order valence-corrected chi connectivity index (χ1v) is 8.68. The first-order valence-electron chi connectivity index (χ1n) is 7.29. The number of amides is 1. The molecule has 2 N–H and O–H groups in total. The van der Waals surface area contributed by atoms with Crippen molar-refractivity contribution in [3.63, 3.8) is 0 Å². The molecule has 3 nitrogen and oxygen atoms in total. The Morgan fingerprint density at radius 1 is 1.15 bits per heavy atom. The summed E-state index contributed by atoms with van der Waals surface area (Å²) in [6.45, 7) is 1.66. The Kier molecular flexibility index (Phi) is 9.16. The lowest BCUT2D eigenvalue weighted by atomic mass is 10.0. The molecule has 1 rings (SSSR count). The van der Waals surface area contributed by atoms with E-state index in [1.54, 1.807) is 0 Å². The van der Waals surface area contributed by atoms with Crippen LogP contribution in [0.4, 0.5) is 0 Å². The smallest absolute Gasteiger partial charge is 0.251 e. The fourth-order valence-electron chi connectivity index (χ4n) is 2.06. The minimum absolute atomic E-state index is 0.0570. The minimum atomic E-state index is 0.0570. The second-order valence-electron chi connectivity index (χ2n) is 4.82. The van der Waals surface area contributed by atoms with E-state index in [0.29, 0.717) is 0 Å². The van der Waals surface area contributed by atoms with E-state index in [2.05, 4.69) is 16.9 Å². The van der Waals surface area contributed by atoms with Gasteiger partial charge in [0.1, 0.15) is 0 Å². The zero-order valence-electron chi connectivity index (χ0n) is 12.6. The molecule has 0 aliphatic heterocycles. The average Bonchev–Trinajstić information content (AvgIpc) is 2.48. The Morgan fingerprint density at radius 2 is 1.95 bits per heavy atom. The van der Waals surface area contributed by atoms with Crippen molar-refractivity contribution >= 4 is 17.7 Å². The first kappa shape index (κ1) is 17.1. The largest absolute Gasteiger partial charge is 0.352 e. The number of hydrogen-bond donors (Lipinski definition) is 2. The summed E-state index contributed by atoms with van der Waals surface area (Å²) in [4.78, 5) is 12.2. The van der Waals surface area contributed by atoms with Gasteiger partial charge in [-0.15, -0.1) is 0 Å². The second kappa shape index (κ2) is 10.7. The van der Waals surface area contributed by atoms with Gasteiger partial charge in [0.05, 0.1) is 0 Å². The van der Waals surface area contributed by atoms with E-state index in [1.165, 1.54) is 18.6 Å². The number of benzene rings is 1. The molecular weight excluding hydrogens is 268 g/mol. The van der Waals surface area contributed by atoms with Gasteiger partial charge in [-0.2, -0.15) is 11.8 Å². The molecule has 0 radical (unpaired) electrons. The van der Waals surface area contributed by atoms with E-state index in [9.17, 15) is 4.79 Å². The Balaban J connectivity index is 2.38. The van der Waals surface area contributed by atoms with Crippen molar-refractivity contribution in [1.29, 1.82) is 0 Å². The van der Waals surface area contributed by atoms with Crippen molar-refractivity contribution in [3.05, 3.63) is 35.4 Å². The van der Waals surface area contributed by atoms with Crippen molar-refractivity contribution in [2.75, 3.05) is 32.1 Å². The molecule has 4 heteroatoms. The molecule has 1 amide bonds. The highest BCUT2D eigenvalue weighted by Crippen LogP contribution is 2.09. The lowest BCUT2D eigenvalue weighted by Gasteiger charge is -2.10. The molecule has 112 valence electrons. The maximum atomic E-state index is 12.2. The number of hydrogen-bond acceptors (Lipinski definition) is 3. The van der Waals surface area contributed by atoms with Gasteiger partial charge in [-0.05, 0) is 56.5 Å². The molecule has 0 aromatic heterocycles. The summed E-state index contributed by atoms with van der Waals surface area (Å²) in [6.07, 6.45) is 6.49. The van der Waals surface area contributed by atoms with Crippen LogP contribution in [0, 0.1) is 0 Å². The summed E-state index contributed by atoms with van der Waals surface area (Å²) in [5.41, 5.74) is 1.92. The number of carbonyl (C=O) groups excluding carboxylic acids is 1. The van der Waals surface area contributed by atoms with Gasteiger partial charge in [-0.1, -0.05) is 24.6 Å². The topological polar surface area (TPSA) is 41.1 Å². The third-order valence-corrected chi connectivity index (χ3v) is 3.91. The number of likely N-dealkylation sites (N-methyl/N-ethyl adjacent to an activating group) is 1. The van der Waals surface area contributed by atoms with Crippen LogP contribution in [0.5, 0.6) is 0 Å². The van der Waals surface area contributed by atoms with E-state index in [1.807, 2.05) is 43.1 Å². The summed E-state index contributed by atoms with van der Waals surface area (Å²) in [7, 11) is 1.93. The van der Waals surface area contributed by atoms with Crippen LogP contribution in [0.3, 0.4) is 0 Å². The quantitative estimate of drug-likeness (QED) is 0.652. The summed E-state index contributed by atoms with van der Waals surface area (Å²) in [5.74, 6) is 1.27. The Morgan fingerprint density at radius 3 is 2.70 bits per heavy atom. The molecule has 0 atom stereocenters. The standard InChI is InChI=1S/C16H26N2OS/c1-17-12-10-14-8-4-5-9-15(14)16(19)18-11-6-3-7-13-20-2/h4-5,8-9,17H,3,6-7,10-13H2,1-2H3,(H,18,19). The zero-order chi connectivity index (χ0) is 14.6. The number of nitrogens with one attached hydrogen (secondary N) is 2. The minimum Gasteiger partial charge on any atom is -0.352 e. The fraction of sp³-hybridized carbons (Fsp3) is 0.562. The molecule has 0 spiro atoms. The van der Waals surface area contributed by atoms with E-state index in [4.69, 9.17) is 0 Å². The summed E-state index contributed by atoms with van der Waals surface area (Å²) < 4.78 is 0. The third kappa shape index (κ3) is 6.44. The van der Waals surface area contributed by atoms with E-state index >= 15 is 0 Å². The molecule has 0 bridgehead atoms. The normalized spacial score (nSPS) is 10.5. The van der Waals surface area contributed by atoms with Crippen molar-refractivity contribution in [1.82, 2.24) is 10.6 Å². The average molecular weight is 294 g/mol. The lowest BCUT2D eigenvalue weighted by molar-refractivity contribution is 0.0952. The van der Waals surface area contributed by atoms with Crippen molar-refractivity contribution in [3.8, 4) is 0 Å². The van der Waals surface area contributed by atoms with Crippen LogP contribution in [0.15, 0.2) is 24.3 Å². The molecular formula is C16H26N2OS. The lowest BCUT2D eigenvalue weighted by Crippen LogP contribution is -2.26. The molecule has 0 aliphatic rings. The van der Waals surface area contributed by atoms with Gasteiger partial charge in [0.2, 0.25) is 0 Å². The number of rotatable bonds is 10. The van der Waals surface area contributed by atoms with Crippen LogP contribution < -0.4 is 10.6 Å². The molecule has 20 heavy (non-hydrogen) atoms. The summed E-state index contributed by atoms with van der Waals surface area (Å²) >= 11 is 1.88. The third-order valence-electron chi connectivity index (χ3n) is 3.22. The van der Waals surface area contributed by atoms with Gasteiger partial charge >= 0.3 is 0 Å². The molecule has 0 unspecified atom stereocenters. The Labute approximate surface area is 126 Å². The summed E-state index contributed by atoms with van der Waals surface area (Å²) in [5, 5.41) is 6.15. The van der Waals surface area contributed by atoms with Gasteiger partial charge in [-0.25, -0.2) is 0 Å². The highest BCUT2D eigenvalue weighted by Gasteiger charge is 2.09. The zero-order valence-corrected chi connectivity index (χ0v) is 13.4. The Hall–Kier alpha value is -1.00. The van der Waals surface area contributed by atoms with Crippen LogP contribution in [-0.2, 0) is 6.42 Å². The maximum absolute atomic E-state index is 12.2. The predicted octanol–water partition coefficient (Wildman–Crippen LogP) is 2.71. The van der Waals surface area contributed by atoms with Crippen LogP contribution in [0.1, 0.15) is 35.2 Å². The predicted molar refractivity (Wildman–Crippen MR) is 88.6 cm³/mol. The van der Waals surface area contributed by atoms with Crippen molar-refractivity contribution in [2.45, 2.75) is 25.7 Å². The summed E-state index contributed by atoms with van der Waals surface area (Å²) in [6, 6.07) is 7.86. The SMILES string of the molecule is CNCCc1ccccc1C(=O)NCCCCCSC. The monoisotopic (exact) mass is 294 g/mol. The van der Waals surface area contributed by atoms with Gasteiger partial charge in [0.25, 0.3) is 5.91 Å². The highest BCUT2D eigenvalue weighted by atomic mass is 32.2. The molecule has 0 aliphatic carbocycles. The molecule has 1 aromatic rings. The van der Waals surface area contributed by atoms with Crippen LogP contribution in [0.25, 0.3) is 0 Å². The fourth-order valence-corrected chi connectivity index (χ4v) is 2.56.